The maximum Gasteiger partial charge on any atom is 0.238 e. The highest BCUT2D eigenvalue weighted by Crippen LogP contribution is 2.23. The lowest BCUT2D eigenvalue weighted by atomic mass is 10.0. The highest BCUT2D eigenvalue weighted by atomic mass is 35.5. The van der Waals surface area contributed by atoms with Gasteiger partial charge in [-0.1, -0.05) is 61.8 Å². The van der Waals surface area contributed by atoms with Crippen molar-refractivity contribution >= 4 is 17.5 Å². The van der Waals surface area contributed by atoms with Gasteiger partial charge in [0.2, 0.25) is 5.91 Å². The van der Waals surface area contributed by atoms with Crippen LogP contribution in [0.25, 0.3) is 0 Å². The van der Waals surface area contributed by atoms with Crippen LogP contribution in [0.1, 0.15) is 48.9 Å². The summed E-state index contributed by atoms with van der Waals surface area (Å²) in [7, 11) is 0. The molecule has 0 aromatic heterocycles. The van der Waals surface area contributed by atoms with Crippen molar-refractivity contribution in [3.63, 3.8) is 0 Å². The van der Waals surface area contributed by atoms with Gasteiger partial charge in [0.15, 0.2) is 0 Å². The van der Waals surface area contributed by atoms with Gasteiger partial charge < -0.3 is 5.32 Å². The van der Waals surface area contributed by atoms with E-state index in [1.54, 1.807) is 0 Å². The number of hydrazine groups is 1. The molecule has 2 atom stereocenters. The molecule has 25 heavy (non-hydrogen) atoms. The molecule has 0 bridgehead atoms. The van der Waals surface area contributed by atoms with E-state index in [1.165, 1.54) is 5.56 Å². The SMILES string of the molecule is CC(C)c1ccc(CNC(=O)C2CC(c3ccc(Cl)cc3)NN2)cc1. The topological polar surface area (TPSA) is 53.2 Å². The third-order valence-corrected chi connectivity index (χ3v) is 4.86. The van der Waals surface area contributed by atoms with Crippen molar-refractivity contribution in [2.75, 3.05) is 0 Å². The highest BCUT2D eigenvalue weighted by Gasteiger charge is 2.29. The third kappa shape index (κ3) is 4.60. The van der Waals surface area contributed by atoms with Crippen molar-refractivity contribution < 1.29 is 4.79 Å². The van der Waals surface area contributed by atoms with E-state index in [4.69, 9.17) is 11.6 Å². The molecule has 1 aliphatic heterocycles. The Morgan fingerprint density at radius 3 is 2.44 bits per heavy atom. The number of carbonyl (C=O) groups is 1. The molecule has 2 aromatic rings. The number of amides is 1. The van der Waals surface area contributed by atoms with Crippen LogP contribution in [0.3, 0.4) is 0 Å². The molecule has 132 valence electrons. The summed E-state index contributed by atoms with van der Waals surface area (Å²) in [5, 5.41) is 3.72. The molecule has 1 aliphatic rings. The first kappa shape index (κ1) is 17.9. The van der Waals surface area contributed by atoms with Crippen molar-refractivity contribution in [1.29, 1.82) is 0 Å². The van der Waals surface area contributed by atoms with Gasteiger partial charge in [0.25, 0.3) is 0 Å². The molecular formula is C20H24ClN3O. The van der Waals surface area contributed by atoms with E-state index in [-0.39, 0.29) is 18.0 Å². The standard InChI is InChI=1S/C20H24ClN3O/c1-13(2)15-5-3-14(4-6-15)12-22-20(25)19-11-18(23-24-19)16-7-9-17(21)10-8-16/h3-10,13,18-19,23-24H,11-12H2,1-2H3,(H,22,25). The second kappa shape index (κ2) is 8.00. The normalized spacial score (nSPS) is 20.0. The fourth-order valence-electron chi connectivity index (χ4n) is 2.97. The van der Waals surface area contributed by atoms with Gasteiger partial charge in [0, 0.05) is 17.6 Å². The zero-order valence-corrected chi connectivity index (χ0v) is 15.3. The van der Waals surface area contributed by atoms with Crippen LogP contribution in [-0.2, 0) is 11.3 Å². The molecule has 0 spiro atoms. The molecule has 2 aromatic carbocycles. The molecule has 1 heterocycles. The van der Waals surface area contributed by atoms with E-state index in [1.807, 2.05) is 24.3 Å². The lowest BCUT2D eigenvalue weighted by Crippen LogP contribution is -2.42. The monoisotopic (exact) mass is 357 g/mol. The smallest absolute Gasteiger partial charge is 0.238 e. The first-order valence-corrected chi connectivity index (χ1v) is 9.04. The van der Waals surface area contributed by atoms with Gasteiger partial charge in [0.1, 0.15) is 6.04 Å². The number of carbonyl (C=O) groups excluding carboxylic acids is 1. The molecule has 3 N–H and O–H groups in total. The summed E-state index contributed by atoms with van der Waals surface area (Å²) in [5.41, 5.74) is 9.81. The first-order valence-electron chi connectivity index (χ1n) is 8.66. The number of halogens is 1. The van der Waals surface area contributed by atoms with Crippen molar-refractivity contribution in [2.24, 2.45) is 0 Å². The molecule has 1 amide bonds. The summed E-state index contributed by atoms with van der Waals surface area (Å²) in [6.07, 6.45) is 0.708. The maximum atomic E-state index is 12.4. The lowest BCUT2D eigenvalue weighted by Gasteiger charge is -2.12. The number of hydrogen-bond acceptors (Lipinski definition) is 3. The van der Waals surface area contributed by atoms with Gasteiger partial charge in [-0.3, -0.25) is 4.79 Å². The molecule has 4 nitrogen and oxygen atoms in total. The third-order valence-electron chi connectivity index (χ3n) is 4.61. The van der Waals surface area contributed by atoms with E-state index < -0.39 is 0 Å². The second-order valence-electron chi connectivity index (χ2n) is 6.80. The van der Waals surface area contributed by atoms with Gasteiger partial charge in [-0.05, 0) is 41.2 Å². The second-order valence-corrected chi connectivity index (χ2v) is 7.23. The van der Waals surface area contributed by atoms with Crippen molar-refractivity contribution in [1.82, 2.24) is 16.2 Å². The summed E-state index contributed by atoms with van der Waals surface area (Å²) in [6.45, 7) is 4.89. The molecule has 2 unspecified atom stereocenters. The van der Waals surface area contributed by atoms with Crippen LogP contribution in [-0.4, -0.2) is 11.9 Å². The minimum Gasteiger partial charge on any atom is -0.351 e. The fraction of sp³-hybridized carbons (Fsp3) is 0.350. The van der Waals surface area contributed by atoms with Gasteiger partial charge in [0.05, 0.1) is 0 Å². The van der Waals surface area contributed by atoms with E-state index in [0.717, 1.165) is 11.1 Å². The van der Waals surface area contributed by atoms with E-state index in [2.05, 4.69) is 54.3 Å². The number of benzene rings is 2. The molecule has 0 radical (unpaired) electrons. The quantitative estimate of drug-likeness (QED) is 0.765. The average Bonchev–Trinajstić information content (AvgIpc) is 3.11. The predicted molar refractivity (Wildman–Crippen MR) is 101 cm³/mol. The zero-order valence-electron chi connectivity index (χ0n) is 14.6. The molecule has 3 rings (SSSR count). The van der Waals surface area contributed by atoms with Crippen molar-refractivity contribution in [3.8, 4) is 0 Å². The largest absolute Gasteiger partial charge is 0.351 e. The minimum absolute atomic E-state index is 0.0110. The Bertz CT molecular complexity index is 713. The summed E-state index contributed by atoms with van der Waals surface area (Å²) in [6, 6.07) is 16.0. The zero-order chi connectivity index (χ0) is 17.8. The first-order chi connectivity index (χ1) is 12.0. The summed E-state index contributed by atoms with van der Waals surface area (Å²) < 4.78 is 0. The minimum atomic E-state index is -0.240. The number of rotatable bonds is 5. The van der Waals surface area contributed by atoms with Gasteiger partial charge in [-0.15, -0.1) is 0 Å². The summed E-state index contributed by atoms with van der Waals surface area (Å²) >= 11 is 5.92. The van der Waals surface area contributed by atoms with Crippen LogP contribution in [0, 0.1) is 0 Å². The van der Waals surface area contributed by atoms with Crippen molar-refractivity contribution in [2.45, 2.75) is 44.8 Å². The fourth-order valence-corrected chi connectivity index (χ4v) is 3.10. The Kier molecular flexibility index (Phi) is 5.74. The van der Waals surface area contributed by atoms with Crippen LogP contribution in [0.4, 0.5) is 0 Å². The van der Waals surface area contributed by atoms with Crippen LogP contribution in [0.2, 0.25) is 5.02 Å². The lowest BCUT2D eigenvalue weighted by molar-refractivity contribution is -0.123. The van der Waals surface area contributed by atoms with E-state index in [9.17, 15) is 4.79 Å². The maximum absolute atomic E-state index is 12.4. The van der Waals surface area contributed by atoms with E-state index in [0.29, 0.717) is 23.9 Å². The van der Waals surface area contributed by atoms with Crippen LogP contribution >= 0.6 is 11.6 Å². The summed E-state index contributed by atoms with van der Waals surface area (Å²) in [4.78, 5) is 12.4. The van der Waals surface area contributed by atoms with Gasteiger partial charge in [-0.25, -0.2) is 10.9 Å². The Balaban J connectivity index is 1.51. The Hall–Kier alpha value is -1.88. The highest BCUT2D eigenvalue weighted by molar-refractivity contribution is 6.30. The molecule has 1 saturated heterocycles. The van der Waals surface area contributed by atoms with Crippen LogP contribution < -0.4 is 16.2 Å². The summed E-state index contributed by atoms with van der Waals surface area (Å²) in [5.74, 6) is 0.527. The Labute approximate surface area is 153 Å². The molecule has 1 fully saturated rings. The van der Waals surface area contributed by atoms with Gasteiger partial charge >= 0.3 is 0 Å². The van der Waals surface area contributed by atoms with Gasteiger partial charge in [-0.2, -0.15) is 0 Å². The van der Waals surface area contributed by atoms with Crippen LogP contribution in [0.15, 0.2) is 48.5 Å². The van der Waals surface area contributed by atoms with Crippen LogP contribution in [0.5, 0.6) is 0 Å². The molecule has 0 aliphatic carbocycles. The average molecular weight is 358 g/mol. The number of hydrogen-bond donors (Lipinski definition) is 3. The van der Waals surface area contributed by atoms with E-state index >= 15 is 0 Å². The Morgan fingerprint density at radius 1 is 1.12 bits per heavy atom. The predicted octanol–water partition coefficient (Wildman–Crippen LogP) is 3.69. The number of nitrogens with one attached hydrogen (secondary N) is 3. The molecule has 0 saturated carbocycles. The Morgan fingerprint density at radius 2 is 1.80 bits per heavy atom. The molecular weight excluding hydrogens is 334 g/mol. The molecule has 5 heteroatoms. The van der Waals surface area contributed by atoms with Crippen molar-refractivity contribution in [3.05, 3.63) is 70.2 Å².